The molecule has 0 heterocycles. The van der Waals surface area contributed by atoms with Crippen molar-refractivity contribution in [2.75, 3.05) is 13.7 Å². The third-order valence-corrected chi connectivity index (χ3v) is 4.85. The minimum Gasteiger partial charge on any atom is -0.377 e. The van der Waals surface area contributed by atoms with Crippen molar-refractivity contribution in [1.82, 2.24) is 5.32 Å². The van der Waals surface area contributed by atoms with Gasteiger partial charge in [-0.25, -0.2) is 0 Å². The molecular weight excluding hydrogens is 279 g/mol. The van der Waals surface area contributed by atoms with Gasteiger partial charge in [0.05, 0.1) is 5.60 Å². The number of ether oxygens (including phenoxy) is 1. The number of hydrogen-bond acceptors (Lipinski definition) is 2. The van der Waals surface area contributed by atoms with E-state index >= 15 is 0 Å². The summed E-state index contributed by atoms with van der Waals surface area (Å²) in [4.78, 5) is 0. The Bertz CT molecular complexity index is 305. The van der Waals surface area contributed by atoms with Crippen molar-refractivity contribution in [2.45, 2.75) is 83.5 Å². The molecule has 0 aromatic rings. The number of hydrogen-bond donors (Lipinski definition) is 1. The van der Waals surface area contributed by atoms with E-state index in [1.807, 2.05) is 6.92 Å². The lowest BCUT2D eigenvalue weighted by atomic mass is 9.67. The standard InChI is InChI=1S/C16H30F3NO/c1-5-12-20-13(6-7-16(17,18)19)15(21-4)10-8-14(2,3)9-11-15/h13,20H,5-12H2,1-4H3. The first-order valence-corrected chi connectivity index (χ1v) is 7.99. The molecule has 0 amide bonds. The maximum atomic E-state index is 12.6. The Morgan fingerprint density at radius 1 is 1.14 bits per heavy atom. The Kier molecular flexibility index (Phi) is 6.54. The molecule has 1 aliphatic rings. The molecule has 0 aliphatic heterocycles. The maximum Gasteiger partial charge on any atom is 0.389 e. The van der Waals surface area contributed by atoms with Crippen molar-refractivity contribution in [1.29, 1.82) is 0 Å². The first-order valence-electron chi connectivity index (χ1n) is 7.99. The molecule has 1 saturated carbocycles. The van der Waals surface area contributed by atoms with Crippen molar-refractivity contribution < 1.29 is 17.9 Å². The van der Waals surface area contributed by atoms with Crippen LogP contribution >= 0.6 is 0 Å². The van der Waals surface area contributed by atoms with Gasteiger partial charge in [0, 0.05) is 19.6 Å². The van der Waals surface area contributed by atoms with Crippen LogP contribution in [0.5, 0.6) is 0 Å². The number of halogens is 3. The Balaban J connectivity index is 2.77. The first-order chi connectivity index (χ1) is 9.64. The SMILES string of the molecule is CCCNC(CCC(F)(F)F)C1(OC)CCC(C)(C)CC1. The van der Waals surface area contributed by atoms with Crippen molar-refractivity contribution in [2.24, 2.45) is 5.41 Å². The van der Waals surface area contributed by atoms with E-state index in [1.165, 1.54) is 0 Å². The second kappa shape index (κ2) is 7.32. The quantitative estimate of drug-likeness (QED) is 0.737. The summed E-state index contributed by atoms with van der Waals surface area (Å²) in [6.45, 7) is 7.20. The zero-order valence-electron chi connectivity index (χ0n) is 13.8. The van der Waals surface area contributed by atoms with Gasteiger partial charge in [0.15, 0.2) is 0 Å². The van der Waals surface area contributed by atoms with Crippen LogP contribution in [-0.2, 0) is 4.74 Å². The van der Waals surface area contributed by atoms with E-state index in [1.54, 1.807) is 7.11 Å². The lowest BCUT2D eigenvalue weighted by Crippen LogP contribution is -2.55. The second-order valence-electron chi connectivity index (χ2n) is 7.09. The van der Waals surface area contributed by atoms with Crippen LogP contribution in [-0.4, -0.2) is 31.5 Å². The minimum absolute atomic E-state index is 0.0950. The summed E-state index contributed by atoms with van der Waals surface area (Å²) in [5.41, 5.74) is -0.183. The lowest BCUT2D eigenvalue weighted by Gasteiger charge is -2.47. The molecule has 5 heteroatoms. The minimum atomic E-state index is -4.10. The lowest BCUT2D eigenvalue weighted by molar-refractivity contribution is -0.145. The predicted molar refractivity (Wildman–Crippen MR) is 79.4 cm³/mol. The molecule has 1 aliphatic carbocycles. The van der Waals surface area contributed by atoms with Crippen molar-refractivity contribution >= 4 is 0 Å². The van der Waals surface area contributed by atoms with E-state index in [2.05, 4.69) is 19.2 Å². The summed E-state index contributed by atoms with van der Waals surface area (Å²) >= 11 is 0. The van der Waals surface area contributed by atoms with Crippen LogP contribution in [0.1, 0.15) is 65.7 Å². The Labute approximate surface area is 126 Å². The number of alkyl halides is 3. The molecule has 0 aromatic heterocycles. The third kappa shape index (κ3) is 5.78. The van der Waals surface area contributed by atoms with Gasteiger partial charge in [-0.05, 0) is 50.5 Å². The molecule has 126 valence electrons. The fourth-order valence-electron chi connectivity index (χ4n) is 3.22. The van der Waals surface area contributed by atoms with Crippen LogP contribution in [0, 0.1) is 5.41 Å². The van der Waals surface area contributed by atoms with E-state index in [0.717, 1.165) is 38.6 Å². The number of nitrogens with one attached hydrogen (secondary N) is 1. The normalized spacial score (nSPS) is 23.0. The summed E-state index contributed by atoms with van der Waals surface area (Å²) in [6.07, 6.45) is -0.191. The van der Waals surface area contributed by atoms with Gasteiger partial charge < -0.3 is 10.1 Å². The highest BCUT2D eigenvalue weighted by molar-refractivity contribution is 4.98. The van der Waals surface area contributed by atoms with Gasteiger partial charge in [0.25, 0.3) is 0 Å². The average Bonchev–Trinajstić information content (AvgIpc) is 2.39. The summed E-state index contributed by atoms with van der Waals surface area (Å²) < 4.78 is 43.5. The molecule has 0 aromatic carbocycles. The van der Waals surface area contributed by atoms with E-state index in [0.29, 0.717) is 0 Å². The molecule has 1 unspecified atom stereocenters. The van der Waals surface area contributed by atoms with Crippen molar-refractivity contribution in [3.8, 4) is 0 Å². The predicted octanol–water partition coefficient (Wildman–Crippen LogP) is 4.68. The van der Waals surface area contributed by atoms with Crippen molar-refractivity contribution in [3.63, 3.8) is 0 Å². The zero-order chi connectivity index (χ0) is 16.1. The summed E-state index contributed by atoms with van der Waals surface area (Å²) in [7, 11) is 1.65. The highest BCUT2D eigenvalue weighted by Gasteiger charge is 2.45. The molecule has 0 saturated heterocycles. The Hall–Kier alpha value is -0.290. The Morgan fingerprint density at radius 3 is 2.14 bits per heavy atom. The van der Waals surface area contributed by atoms with E-state index in [4.69, 9.17) is 4.74 Å². The summed E-state index contributed by atoms with van der Waals surface area (Å²) in [6, 6.07) is -0.222. The molecule has 1 N–H and O–H groups in total. The van der Waals surface area contributed by atoms with Gasteiger partial charge in [-0.2, -0.15) is 13.2 Å². The third-order valence-electron chi connectivity index (χ3n) is 4.85. The summed E-state index contributed by atoms with van der Waals surface area (Å²) in [5.74, 6) is 0. The molecule has 21 heavy (non-hydrogen) atoms. The Morgan fingerprint density at radius 2 is 1.71 bits per heavy atom. The number of rotatable bonds is 7. The van der Waals surface area contributed by atoms with E-state index in [9.17, 15) is 13.2 Å². The summed E-state index contributed by atoms with van der Waals surface area (Å²) in [5, 5.41) is 3.31. The molecule has 0 radical (unpaired) electrons. The van der Waals surface area contributed by atoms with Crippen LogP contribution in [0.4, 0.5) is 13.2 Å². The van der Waals surface area contributed by atoms with Crippen LogP contribution in [0.15, 0.2) is 0 Å². The molecular formula is C16H30F3NO. The largest absolute Gasteiger partial charge is 0.389 e. The maximum absolute atomic E-state index is 12.6. The van der Waals surface area contributed by atoms with Gasteiger partial charge in [-0.1, -0.05) is 20.8 Å². The first kappa shape index (κ1) is 18.8. The van der Waals surface area contributed by atoms with Crippen LogP contribution in [0.25, 0.3) is 0 Å². The van der Waals surface area contributed by atoms with Crippen LogP contribution in [0.2, 0.25) is 0 Å². The second-order valence-corrected chi connectivity index (χ2v) is 7.09. The molecule has 1 atom stereocenters. The van der Waals surface area contributed by atoms with Gasteiger partial charge in [-0.3, -0.25) is 0 Å². The van der Waals surface area contributed by atoms with Crippen LogP contribution < -0.4 is 5.32 Å². The van der Waals surface area contributed by atoms with Crippen LogP contribution in [0.3, 0.4) is 0 Å². The van der Waals surface area contributed by atoms with E-state index in [-0.39, 0.29) is 17.9 Å². The van der Waals surface area contributed by atoms with E-state index < -0.39 is 18.2 Å². The fraction of sp³-hybridized carbons (Fsp3) is 1.00. The molecule has 2 nitrogen and oxygen atoms in total. The topological polar surface area (TPSA) is 21.3 Å². The van der Waals surface area contributed by atoms with Gasteiger partial charge in [-0.15, -0.1) is 0 Å². The van der Waals surface area contributed by atoms with Gasteiger partial charge >= 0.3 is 6.18 Å². The number of methoxy groups -OCH3 is 1. The smallest absolute Gasteiger partial charge is 0.377 e. The fourth-order valence-corrected chi connectivity index (χ4v) is 3.22. The highest BCUT2D eigenvalue weighted by atomic mass is 19.4. The van der Waals surface area contributed by atoms with Gasteiger partial charge in [0.2, 0.25) is 0 Å². The molecule has 1 fully saturated rings. The van der Waals surface area contributed by atoms with Gasteiger partial charge in [0.1, 0.15) is 0 Å². The highest BCUT2D eigenvalue weighted by Crippen LogP contribution is 2.44. The monoisotopic (exact) mass is 309 g/mol. The molecule has 0 spiro atoms. The molecule has 0 bridgehead atoms. The van der Waals surface area contributed by atoms with Crippen molar-refractivity contribution in [3.05, 3.63) is 0 Å². The zero-order valence-corrected chi connectivity index (χ0v) is 13.8. The molecule has 1 rings (SSSR count). The average molecular weight is 309 g/mol.